The molecule has 0 aliphatic heterocycles. The minimum atomic E-state index is 0.314. The molecule has 0 radical (unpaired) electrons. The number of nitrogens with one attached hydrogen (secondary N) is 1. The van der Waals surface area contributed by atoms with Crippen molar-refractivity contribution in [2.45, 2.75) is 32.2 Å². The summed E-state index contributed by atoms with van der Waals surface area (Å²) in [6.07, 6.45) is 3.71. The van der Waals surface area contributed by atoms with Gasteiger partial charge in [0.2, 0.25) is 0 Å². The van der Waals surface area contributed by atoms with Crippen molar-refractivity contribution >= 4 is 0 Å². The van der Waals surface area contributed by atoms with Gasteiger partial charge in [0.15, 0.2) is 11.5 Å². The van der Waals surface area contributed by atoms with Crippen LogP contribution in [0.25, 0.3) is 0 Å². The molecule has 1 N–H and O–H groups in total. The minimum Gasteiger partial charge on any atom is -0.493 e. The lowest BCUT2D eigenvalue weighted by Gasteiger charge is -2.19. The van der Waals surface area contributed by atoms with Gasteiger partial charge in [-0.05, 0) is 42.9 Å². The highest BCUT2D eigenvalue weighted by molar-refractivity contribution is 5.43. The van der Waals surface area contributed by atoms with Crippen molar-refractivity contribution in [2.75, 3.05) is 34.0 Å². The minimum absolute atomic E-state index is 0.314. The van der Waals surface area contributed by atoms with Crippen LogP contribution in [-0.2, 0) is 4.74 Å². The second-order valence-corrected chi connectivity index (χ2v) is 5.55. The van der Waals surface area contributed by atoms with Gasteiger partial charge in [-0.1, -0.05) is 13.0 Å². The Morgan fingerprint density at radius 1 is 1.19 bits per heavy atom. The molecule has 0 bridgehead atoms. The molecular formula is C17H27NO3. The molecule has 1 saturated carbocycles. The fourth-order valence-electron chi connectivity index (χ4n) is 2.41. The molecule has 118 valence electrons. The van der Waals surface area contributed by atoms with Gasteiger partial charge in [0, 0.05) is 19.2 Å². The Hall–Kier alpha value is -1.26. The van der Waals surface area contributed by atoms with Gasteiger partial charge in [-0.15, -0.1) is 0 Å². The van der Waals surface area contributed by atoms with Crippen molar-refractivity contribution in [2.24, 2.45) is 5.92 Å². The summed E-state index contributed by atoms with van der Waals surface area (Å²) in [7, 11) is 3.33. The van der Waals surface area contributed by atoms with Crippen LogP contribution in [0, 0.1) is 5.92 Å². The first kappa shape index (κ1) is 16.1. The van der Waals surface area contributed by atoms with Crippen molar-refractivity contribution in [3.63, 3.8) is 0 Å². The van der Waals surface area contributed by atoms with E-state index < -0.39 is 0 Å². The number of hydrogen-bond acceptors (Lipinski definition) is 4. The quantitative estimate of drug-likeness (QED) is 0.673. The van der Waals surface area contributed by atoms with Crippen molar-refractivity contribution in [3.05, 3.63) is 23.8 Å². The summed E-state index contributed by atoms with van der Waals surface area (Å²) in [5.74, 6) is 2.38. The summed E-state index contributed by atoms with van der Waals surface area (Å²) in [6, 6.07) is 6.41. The molecule has 4 nitrogen and oxygen atoms in total. The van der Waals surface area contributed by atoms with Gasteiger partial charge in [-0.3, -0.25) is 0 Å². The molecule has 2 rings (SSSR count). The molecule has 1 aliphatic rings. The molecule has 1 fully saturated rings. The molecule has 0 amide bonds. The summed E-state index contributed by atoms with van der Waals surface area (Å²) in [5, 5.41) is 3.55. The average Bonchev–Trinajstić information content (AvgIpc) is 3.34. The zero-order valence-electron chi connectivity index (χ0n) is 13.4. The van der Waals surface area contributed by atoms with Crippen LogP contribution in [0.4, 0.5) is 0 Å². The summed E-state index contributed by atoms with van der Waals surface area (Å²) < 4.78 is 16.3. The van der Waals surface area contributed by atoms with E-state index in [0.29, 0.717) is 6.04 Å². The maximum absolute atomic E-state index is 5.66. The van der Waals surface area contributed by atoms with Crippen LogP contribution < -0.4 is 14.8 Å². The Bertz CT molecular complexity index is 432. The van der Waals surface area contributed by atoms with E-state index in [9.17, 15) is 0 Å². The van der Waals surface area contributed by atoms with Crippen LogP contribution in [0.3, 0.4) is 0 Å². The molecule has 0 aromatic heterocycles. The highest BCUT2D eigenvalue weighted by Crippen LogP contribution is 2.31. The van der Waals surface area contributed by atoms with E-state index in [1.807, 2.05) is 12.1 Å². The summed E-state index contributed by atoms with van der Waals surface area (Å²) in [4.78, 5) is 0. The number of methoxy groups -OCH3 is 2. The third-order valence-corrected chi connectivity index (χ3v) is 3.91. The third-order valence-electron chi connectivity index (χ3n) is 3.91. The van der Waals surface area contributed by atoms with Gasteiger partial charge in [0.1, 0.15) is 0 Å². The van der Waals surface area contributed by atoms with Crippen LogP contribution in [0.5, 0.6) is 11.5 Å². The highest BCUT2D eigenvalue weighted by atomic mass is 16.5. The Morgan fingerprint density at radius 2 is 1.95 bits per heavy atom. The lowest BCUT2D eigenvalue weighted by atomic mass is 10.0. The van der Waals surface area contributed by atoms with E-state index in [-0.39, 0.29) is 0 Å². The summed E-state index contributed by atoms with van der Waals surface area (Å²) in [5.41, 5.74) is 1.22. The van der Waals surface area contributed by atoms with Crippen molar-refractivity contribution < 1.29 is 14.2 Å². The van der Waals surface area contributed by atoms with Crippen LogP contribution in [0.15, 0.2) is 18.2 Å². The molecule has 0 saturated heterocycles. The number of ether oxygens (including phenoxy) is 3. The number of hydrogen-bond donors (Lipinski definition) is 1. The first-order valence-electron chi connectivity index (χ1n) is 7.81. The Kier molecular flexibility index (Phi) is 6.33. The van der Waals surface area contributed by atoms with Crippen LogP contribution in [0.2, 0.25) is 0 Å². The molecule has 0 spiro atoms. The molecule has 0 heterocycles. The van der Waals surface area contributed by atoms with E-state index in [4.69, 9.17) is 14.2 Å². The zero-order chi connectivity index (χ0) is 15.1. The standard InChI is InChI=1S/C17H27NO3/c1-4-15(18-9-10-21-12-13-5-6-13)14-7-8-16(19-2)17(11-14)20-3/h7-8,11,13,15,18H,4-6,9-10,12H2,1-3H3. The van der Waals surface area contributed by atoms with Gasteiger partial charge in [0.05, 0.1) is 20.8 Å². The number of benzene rings is 1. The van der Waals surface area contributed by atoms with E-state index in [1.54, 1.807) is 14.2 Å². The Morgan fingerprint density at radius 3 is 2.57 bits per heavy atom. The molecule has 1 aromatic rings. The molecule has 1 unspecified atom stereocenters. The molecule has 4 heteroatoms. The first-order chi connectivity index (χ1) is 10.3. The molecular weight excluding hydrogens is 266 g/mol. The fraction of sp³-hybridized carbons (Fsp3) is 0.647. The number of rotatable bonds is 10. The molecule has 21 heavy (non-hydrogen) atoms. The SMILES string of the molecule is CCC(NCCOCC1CC1)c1ccc(OC)c(OC)c1. The predicted molar refractivity (Wildman–Crippen MR) is 84.1 cm³/mol. The monoisotopic (exact) mass is 293 g/mol. The van der Waals surface area contributed by atoms with Crippen LogP contribution in [0.1, 0.15) is 37.8 Å². The first-order valence-corrected chi connectivity index (χ1v) is 7.81. The predicted octanol–water partition coefficient (Wildman–Crippen LogP) is 3.17. The second kappa shape index (κ2) is 8.25. The maximum Gasteiger partial charge on any atom is 0.161 e. The van der Waals surface area contributed by atoms with Crippen molar-refractivity contribution in [3.8, 4) is 11.5 Å². The van der Waals surface area contributed by atoms with Crippen LogP contribution in [-0.4, -0.2) is 34.0 Å². The third kappa shape index (κ3) is 4.90. The van der Waals surface area contributed by atoms with Gasteiger partial charge in [0.25, 0.3) is 0 Å². The summed E-state index contributed by atoms with van der Waals surface area (Å²) >= 11 is 0. The lowest BCUT2D eigenvalue weighted by molar-refractivity contribution is 0.124. The molecule has 1 atom stereocenters. The topological polar surface area (TPSA) is 39.7 Å². The van der Waals surface area contributed by atoms with Crippen molar-refractivity contribution in [1.29, 1.82) is 0 Å². The second-order valence-electron chi connectivity index (χ2n) is 5.55. The highest BCUT2D eigenvalue weighted by Gasteiger charge is 2.21. The van der Waals surface area contributed by atoms with E-state index >= 15 is 0 Å². The smallest absolute Gasteiger partial charge is 0.161 e. The lowest BCUT2D eigenvalue weighted by Crippen LogP contribution is -2.25. The van der Waals surface area contributed by atoms with E-state index in [2.05, 4.69) is 18.3 Å². The van der Waals surface area contributed by atoms with Gasteiger partial charge in [-0.2, -0.15) is 0 Å². The Labute approximate surface area is 127 Å². The summed E-state index contributed by atoms with van der Waals surface area (Å²) in [6.45, 7) is 4.76. The van der Waals surface area contributed by atoms with Crippen LogP contribution >= 0.6 is 0 Å². The van der Waals surface area contributed by atoms with E-state index in [1.165, 1.54) is 18.4 Å². The fourth-order valence-corrected chi connectivity index (χ4v) is 2.41. The van der Waals surface area contributed by atoms with Gasteiger partial charge in [-0.25, -0.2) is 0 Å². The van der Waals surface area contributed by atoms with Crippen molar-refractivity contribution in [1.82, 2.24) is 5.32 Å². The molecule has 1 aromatic carbocycles. The zero-order valence-corrected chi connectivity index (χ0v) is 13.4. The molecule has 1 aliphatic carbocycles. The Balaban J connectivity index is 1.83. The largest absolute Gasteiger partial charge is 0.493 e. The van der Waals surface area contributed by atoms with Gasteiger partial charge < -0.3 is 19.5 Å². The van der Waals surface area contributed by atoms with E-state index in [0.717, 1.165) is 43.6 Å². The normalized spacial score (nSPS) is 15.8. The average molecular weight is 293 g/mol. The van der Waals surface area contributed by atoms with Gasteiger partial charge >= 0.3 is 0 Å². The maximum atomic E-state index is 5.66.